The number of nitrogens with zero attached hydrogens (tertiary/aromatic N) is 2. The van der Waals surface area contributed by atoms with Gasteiger partial charge in [-0.05, 0) is 66.1 Å². The minimum absolute atomic E-state index is 0.102. The molecule has 5 aromatic rings. The molecular weight excluding hydrogens is 405 g/mol. The summed E-state index contributed by atoms with van der Waals surface area (Å²) in [5, 5.41) is 21.7. The molecule has 4 heterocycles. The monoisotopic (exact) mass is 425 g/mol. The fourth-order valence-electron chi connectivity index (χ4n) is 4.38. The normalized spacial score (nSPS) is 14.2. The topological polar surface area (TPSA) is 89.6 Å². The van der Waals surface area contributed by atoms with Crippen molar-refractivity contribution in [1.82, 2.24) is 25.5 Å². The molecule has 0 bridgehead atoms. The van der Waals surface area contributed by atoms with Crippen LogP contribution in [0.5, 0.6) is 5.75 Å². The number of hydrogen-bond donors (Lipinski definition) is 4. The Hall–Kier alpha value is -3.97. The first kappa shape index (κ1) is 18.8. The van der Waals surface area contributed by atoms with Gasteiger partial charge in [-0.3, -0.25) is 5.10 Å². The third-order valence-corrected chi connectivity index (χ3v) is 5.91. The maximum atomic E-state index is 13.9. The van der Waals surface area contributed by atoms with E-state index < -0.39 is 5.82 Å². The summed E-state index contributed by atoms with van der Waals surface area (Å²) in [5.74, 6) is -0.579. The number of aromatic hydroxyl groups is 1. The summed E-state index contributed by atoms with van der Waals surface area (Å²) in [6.45, 7) is 1.80. The van der Waals surface area contributed by atoms with E-state index >= 15 is 0 Å². The Balaban J connectivity index is 1.49. The Bertz CT molecular complexity index is 1490. The molecule has 0 radical (unpaired) electrons. The molecule has 0 fully saturated rings. The van der Waals surface area contributed by atoms with Gasteiger partial charge in [-0.2, -0.15) is 5.10 Å². The third-order valence-electron chi connectivity index (χ3n) is 5.91. The molecule has 7 heteroatoms. The average Bonchev–Trinajstić information content (AvgIpc) is 3.42. The molecular formula is C25H20FN5O. The number of hydrogen-bond acceptors (Lipinski definition) is 4. The first-order valence-corrected chi connectivity index (χ1v) is 10.5. The van der Waals surface area contributed by atoms with Crippen LogP contribution in [0.2, 0.25) is 0 Å². The fraction of sp³-hybridized carbons (Fsp3) is 0.120. The van der Waals surface area contributed by atoms with E-state index in [2.05, 4.69) is 26.6 Å². The SMILES string of the molecule is Oc1cc(F)cc(-c2cccc3[nH]c(-c4n[nH]c5ccc(C6=CCNCC6)nc45)cc23)c1. The van der Waals surface area contributed by atoms with Gasteiger partial charge in [0.05, 0.1) is 16.9 Å². The number of aromatic nitrogens is 4. The minimum atomic E-state index is -0.477. The van der Waals surface area contributed by atoms with E-state index in [0.717, 1.165) is 70.2 Å². The van der Waals surface area contributed by atoms with E-state index in [0.29, 0.717) is 5.56 Å². The van der Waals surface area contributed by atoms with Gasteiger partial charge in [0.15, 0.2) is 0 Å². The zero-order valence-corrected chi connectivity index (χ0v) is 17.1. The van der Waals surface area contributed by atoms with Crippen molar-refractivity contribution in [3.8, 4) is 28.3 Å². The molecule has 1 aliphatic heterocycles. The van der Waals surface area contributed by atoms with Crippen molar-refractivity contribution in [3.63, 3.8) is 0 Å². The lowest BCUT2D eigenvalue weighted by Gasteiger charge is -2.13. The molecule has 1 aliphatic rings. The van der Waals surface area contributed by atoms with Crippen LogP contribution in [0.4, 0.5) is 4.39 Å². The molecule has 0 saturated carbocycles. The van der Waals surface area contributed by atoms with Crippen LogP contribution in [0.1, 0.15) is 12.1 Å². The fourth-order valence-corrected chi connectivity index (χ4v) is 4.38. The molecule has 32 heavy (non-hydrogen) atoms. The van der Waals surface area contributed by atoms with Crippen LogP contribution >= 0.6 is 0 Å². The summed E-state index contributed by atoms with van der Waals surface area (Å²) in [7, 11) is 0. The molecule has 0 amide bonds. The van der Waals surface area contributed by atoms with E-state index in [4.69, 9.17) is 4.98 Å². The van der Waals surface area contributed by atoms with Crippen LogP contribution in [-0.2, 0) is 0 Å². The number of H-pyrrole nitrogens is 2. The molecule has 2 aromatic carbocycles. The summed E-state index contributed by atoms with van der Waals surface area (Å²) >= 11 is 0. The number of fused-ring (bicyclic) bond motifs is 2. The van der Waals surface area contributed by atoms with Crippen LogP contribution < -0.4 is 5.32 Å². The smallest absolute Gasteiger partial charge is 0.135 e. The standard InChI is InChI=1S/C25H20FN5O/c26-16-10-15(11-17(32)12-16)18-2-1-3-21-19(18)13-23(28-21)25-24-22(30-31-25)5-4-20(29-24)14-6-8-27-9-7-14/h1-6,10-13,27-28,32H,7-9H2,(H,30,31). The van der Waals surface area contributed by atoms with E-state index in [-0.39, 0.29) is 5.75 Å². The molecule has 0 aliphatic carbocycles. The highest BCUT2D eigenvalue weighted by Gasteiger charge is 2.16. The van der Waals surface area contributed by atoms with Gasteiger partial charge >= 0.3 is 0 Å². The van der Waals surface area contributed by atoms with Gasteiger partial charge < -0.3 is 15.4 Å². The third kappa shape index (κ3) is 3.14. The predicted molar refractivity (Wildman–Crippen MR) is 124 cm³/mol. The van der Waals surface area contributed by atoms with Crippen LogP contribution in [0.25, 0.3) is 50.0 Å². The maximum absolute atomic E-state index is 13.9. The number of benzene rings is 2. The largest absolute Gasteiger partial charge is 0.508 e. The van der Waals surface area contributed by atoms with Crippen LogP contribution in [0.3, 0.4) is 0 Å². The van der Waals surface area contributed by atoms with E-state index in [9.17, 15) is 9.50 Å². The Labute approximate surface area is 182 Å². The second-order valence-corrected chi connectivity index (χ2v) is 8.00. The van der Waals surface area contributed by atoms with Crippen molar-refractivity contribution in [2.75, 3.05) is 13.1 Å². The summed E-state index contributed by atoms with van der Waals surface area (Å²) in [6.07, 6.45) is 3.13. The van der Waals surface area contributed by atoms with Crippen molar-refractivity contribution < 1.29 is 9.50 Å². The zero-order valence-electron chi connectivity index (χ0n) is 17.1. The predicted octanol–water partition coefficient (Wildman–Crippen LogP) is 4.99. The lowest BCUT2D eigenvalue weighted by molar-refractivity contribution is 0.469. The molecule has 0 saturated heterocycles. The Morgan fingerprint density at radius 1 is 1.00 bits per heavy atom. The Morgan fingerprint density at radius 2 is 1.94 bits per heavy atom. The number of nitrogens with one attached hydrogen (secondary N) is 3. The molecule has 0 atom stereocenters. The van der Waals surface area contributed by atoms with E-state index in [1.807, 2.05) is 36.4 Å². The van der Waals surface area contributed by atoms with Gasteiger partial charge in [-0.25, -0.2) is 9.37 Å². The van der Waals surface area contributed by atoms with Crippen molar-refractivity contribution in [1.29, 1.82) is 0 Å². The molecule has 0 spiro atoms. The molecule has 4 N–H and O–H groups in total. The molecule has 6 rings (SSSR count). The number of halogens is 1. The average molecular weight is 425 g/mol. The highest BCUT2D eigenvalue weighted by atomic mass is 19.1. The highest BCUT2D eigenvalue weighted by Crippen LogP contribution is 2.35. The van der Waals surface area contributed by atoms with E-state index in [1.54, 1.807) is 6.07 Å². The highest BCUT2D eigenvalue weighted by molar-refractivity contribution is 6.00. The second kappa shape index (κ2) is 7.32. The first-order chi connectivity index (χ1) is 15.7. The number of aromatic amines is 2. The van der Waals surface area contributed by atoms with Crippen molar-refractivity contribution >= 4 is 27.5 Å². The van der Waals surface area contributed by atoms with E-state index in [1.165, 1.54) is 11.6 Å². The summed E-state index contributed by atoms with van der Waals surface area (Å²) < 4.78 is 13.9. The number of phenols is 1. The molecule has 6 nitrogen and oxygen atoms in total. The van der Waals surface area contributed by atoms with Gasteiger partial charge in [0.2, 0.25) is 0 Å². The van der Waals surface area contributed by atoms with Crippen molar-refractivity contribution in [2.24, 2.45) is 0 Å². The zero-order chi connectivity index (χ0) is 21.7. The number of phenolic OH excluding ortho intramolecular Hbond substituents is 1. The summed E-state index contributed by atoms with van der Waals surface area (Å²) in [5.41, 5.74) is 7.78. The molecule has 158 valence electrons. The van der Waals surface area contributed by atoms with Gasteiger partial charge in [-0.1, -0.05) is 18.2 Å². The molecule has 3 aromatic heterocycles. The summed E-state index contributed by atoms with van der Waals surface area (Å²) in [4.78, 5) is 8.34. The lowest BCUT2D eigenvalue weighted by Crippen LogP contribution is -2.20. The Morgan fingerprint density at radius 3 is 2.78 bits per heavy atom. The number of rotatable bonds is 3. The van der Waals surface area contributed by atoms with Crippen LogP contribution in [0.15, 0.2) is 60.7 Å². The van der Waals surface area contributed by atoms with Crippen LogP contribution in [0, 0.1) is 5.82 Å². The second-order valence-electron chi connectivity index (χ2n) is 8.00. The lowest BCUT2D eigenvalue weighted by atomic mass is 10.0. The van der Waals surface area contributed by atoms with Gasteiger partial charge in [-0.15, -0.1) is 0 Å². The van der Waals surface area contributed by atoms with Crippen molar-refractivity contribution in [2.45, 2.75) is 6.42 Å². The Kier molecular flexibility index (Phi) is 4.29. The first-order valence-electron chi connectivity index (χ1n) is 10.5. The van der Waals surface area contributed by atoms with Crippen molar-refractivity contribution in [3.05, 3.63) is 72.2 Å². The maximum Gasteiger partial charge on any atom is 0.135 e. The number of pyridine rings is 1. The van der Waals surface area contributed by atoms with Gasteiger partial charge in [0, 0.05) is 23.5 Å². The summed E-state index contributed by atoms with van der Waals surface area (Å²) in [6, 6.07) is 15.9. The van der Waals surface area contributed by atoms with Crippen LogP contribution in [-0.4, -0.2) is 38.4 Å². The minimum Gasteiger partial charge on any atom is -0.508 e. The molecule has 0 unspecified atom stereocenters. The quantitative estimate of drug-likeness (QED) is 0.328. The van der Waals surface area contributed by atoms with Gasteiger partial charge in [0.25, 0.3) is 0 Å². The van der Waals surface area contributed by atoms with Gasteiger partial charge in [0.1, 0.15) is 22.8 Å².